The number of benzene rings is 1. The van der Waals surface area contributed by atoms with Crippen molar-refractivity contribution in [3.63, 3.8) is 0 Å². The molecule has 1 fully saturated rings. The minimum Gasteiger partial charge on any atom is -0.467 e. The fourth-order valence-corrected chi connectivity index (χ4v) is 3.37. The third kappa shape index (κ3) is 1.77. The molecule has 1 N–H and O–H groups in total. The van der Waals surface area contributed by atoms with Crippen molar-refractivity contribution in [3.05, 3.63) is 52.9 Å². The standard InChI is InChI=1S/C15H14ClNO2/c16-9-3-4-12-11(8-9)15-10(5-7-19-15)14(17-12)13-2-1-6-18-13/h1-4,6,8,10,14-15,17H,5,7H2/t10-,14+,15+/m1/s1. The fraction of sp³-hybridized carbons (Fsp3) is 0.333. The largest absolute Gasteiger partial charge is 0.467 e. The molecule has 0 radical (unpaired) electrons. The first kappa shape index (κ1) is 11.4. The summed E-state index contributed by atoms with van der Waals surface area (Å²) in [5.74, 6) is 1.37. The highest BCUT2D eigenvalue weighted by Crippen LogP contribution is 2.50. The monoisotopic (exact) mass is 275 g/mol. The lowest BCUT2D eigenvalue weighted by atomic mass is 9.83. The molecule has 1 saturated heterocycles. The van der Waals surface area contributed by atoms with E-state index in [4.69, 9.17) is 20.8 Å². The topological polar surface area (TPSA) is 34.4 Å². The van der Waals surface area contributed by atoms with Gasteiger partial charge in [-0.05, 0) is 36.8 Å². The molecule has 4 rings (SSSR count). The Kier molecular flexibility index (Phi) is 2.57. The van der Waals surface area contributed by atoms with Gasteiger partial charge >= 0.3 is 0 Å². The number of rotatable bonds is 1. The van der Waals surface area contributed by atoms with Crippen molar-refractivity contribution in [2.75, 3.05) is 11.9 Å². The van der Waals surface area contributed by atoms with Gasteiger partial charge in [0, 0.05) is 28.8 Å². The first-order valence-electron chi connectivity index (χ1n) is 6.54. The zero-order valence-electron chi connectivity index (χ0n) is 10.3. The molecule has 0 bridgehead atoms. The maximum Gasteiger partial charge on any atom is 0.126 e. The van der Waals surface area contributed by atoms with Crippen LogP contribution in [0, 0.1) is 5.92 Å². The van der Waals surface area contributed by atoms with E-state index in [1.807, 2.05) is 30.3 Å². The highest BCUT2D eigenvalue weighted by molar-refractivity contribution is 6.30. The average molecular weight is 276 g/mol. The predicted octanol–water partition coefficient (Wildman–Crippen LogP) is 4.18. The van der Waals surface area contributed by atoms with Gasteiger partial charge in [0.25, 0.3) is 0 Å². The molecule has 2 aliphatic heterocycles. The van der Waals surface area contributed by atoms with Crippen molar-refractivity contribution in [2.24, 2.45) is 5.92 Å². The Labute approximate surface area is 116 Å². The van der Waals surface area contributed by atoms with Gasteiger partial charge in [0.1, 0.15) is 5.76 Å². The van der Waals surface area contributed by atoms with Crippen molar-refractivity contribution in [3.8, 4) is 0 Å². The van der Waals surface area contributed by atoms with Crippen LogP contribution in [0.5, 0.6) is 0 Å². The van der Waals surface area contributed by atoms with Gasteiger partial charge in [-0.3, -0.25) is 0 Å². The molecule has 1 aromatic carbocycles. The Morgan fingerprint density at radius 2 is 2.21 bits per heavy atom. The number of ether oxygens (including phenoxy) is 1. The van der Waals surface area contributed by atoms with Crippen molar-refractivity contribution >= 4 is 17.3 Å². The number of anilines is 1. The third-order valence-corrected chi connectivity index (χ3v) is 4.28. The van der Waals surface area contributed by atoms with Gasteiger partial charge in [0.15, 0.2) is 0 Å². The van der Waals surface area contributed by atoms with Crippen molar-refractivity contribution in [1.29, 1.82) is 0 Å². The molecule has 0 unspecified atom stereocenters. The molecule has 98 valence electrons. The number of hydrogen-bond acceptors (Lipinski definition) is 3. The predicted molar refractivity (Wildman–Crippen MR) is 73.3 cm³/mol. The van der Waals surface area contributed by atoms with Crippen LogP contribution >= 0.6 is 11.6 Å². The smallest absolute Gasteiger partial charge is 0.126 e. The summed E-state index contributed by atoms with van der Waals surface area (Å²) < 4.78 is 11.5. The minimum atomic E-state index is 0.116. The van der Waals surface area contributed by atoms with Crippen molar-refractivity contribution in [2.45, 2.75) is 18.6 Å². The summed E-state index contributed by atoms with van der Waals surface area (Å²) in [7, 11) is 0. The lowest BCUT2D eigenvalue weighted by Crippen LogP contribution is -2.28. The van der Waals surface area contributed by atoms with Crippen LogP contribution < -0.4 is 5.32 Å². The summed E-state index contributed by atoms with van der Waals surface area (Å²) in [6.45, 7) is 0.792. The van der Waals surface area contributed by atoms with Crippen LogP contribution in [0.1, 0.15) is 29.9 Å². The normalized spacial score (nSPS) is 28.6. The lowest BCUT2D eigenvalue weighted by Gasteiger charge is -2.35. The third-order valence-electron chi connectivity index (χ3n) is 4.05. The van der Waals surface area contributed by atoms with Gasteiger partial charge in [-0.25, -0.2) is 0 Å². The van der Waals surface area contributed by atoms with Crippen LogP contribution in [0.3, 0.4) is 0 Å². The fourth-order valence-electron chi connectivity index (χ4n) is 3.19. The van der Waals surface area contributed by atoms with Gasteiger partial charge in [-0.1, -0.05) is 11.6 Å². The van der Waals surface area contributed by atoms with Crippen molar-refractivity contribution in [1.82, 2.24) is 0 Å². The van der Waals surface area contributed by atoms with Crippen LogP contribution in [0.15, 0.2) is 41.0 Å². The second-order valence-corrected chi connectivity index (χ2v) is 5.55. The Hall–Kier alpha value is -1.45. The summed E-state index contributed by atoms with van der Waals surface area (Å²) in [5.41, 5.74) is 2.26. The van der Waals surface area contributed by atoms with E-state index < -0.39 is 0 Å². The van der Waals surface area contributed by atoms with Gasteiger partial charge in [0.2, 0.25) is 0 Å². The molecule has 2 aliphatic rings. The van der Waals surface area contributed by atoms with Crippen LogP contribution in [0.4, 0.5) is 5.69 Å². The molecule has 4 heteroatoms. The van der Waals surface area contributed by atoms with Gasteiger partial charge < -0.3 is 14.5 Å². The van der Waals surface area contributed by atoms with E-state index >= 15 is 0 Å². The van der Waals surface area contributed by atoms with Crippen LogP contribution in [0.25, 0.3) is 0 Å². The first-order valence-corrected chi connectivity index (χ1v) is 6.92. The Bertz CT molecular complexity index is 596. The number of furan rings is 1. The molecule has 19 heavy (non-hydrogen) atoms. The summed E-state index contributed by atoms with van der Waals surface area (Å²) in [6.07, 6.45) is 2.87. The molecule has 2 aromatic rings. The summed E-state index contributed by atoms with van der Waals surface area (Å²) in [5, 5.41) is 4.32. The van der Waals surface area contributed by atoms with Crippen LogP contribution in [-0.4, -0.2) is 6.61 Å². The summed E-state index contributed by atoms with van der Waals surface area (Å²) in [4.78, 5) is 0. The molecule has 0 amide bonds. The molecule has 0 spiro atoms. The van der Waals surface area contributed by atoms with Gasteiger partial charge in [-0.15, -0.1) is 0 Å². The number of fused-ring (bicyclic) bond motifs is 3. The average Bonchev–Trinajstić information content (AvgIpc) is 3.09. The molecule has 3 atom stereocenters. The number of halogens is 1. The molecule has 0 aliphatic carbocycles. The van der Waals surface area contributed by atoms with E-state index in [9.17, 15) is 0 Å². The second kappa shape index (κ2) is 4.29. The first-order chi connectivity index (χ1) is 9.33. The van der Waals surface area contributed by atoms with E-state index in [0.717, 1.165) is 35.1 Å². The maximum atomic E-state index is 6.10. The Balaban J connectivity index is 1.80. The summed E-state index contributed by atoms with van der Waals surface area (Å²) in [6, 6.07) is 10.1. The number of nitrogens with one attached hydrogen (secondary N) is 1. The maximum absolute atomic E-state index is 6.10. The molecule has 1 aromatic heterocycles. The molecule has 3 nitrogen and oxygen atoms in total. The van der Waals surface area contributed by atoms with Crippen LogP contribution in [-0.2, 0) is 4.74 Å². The minimum absolute atomic E-state index is 0.116. The highest BCUT2D eigenvalue weighted by Gasteiger charge is 2.42. The van der Waals surface area contributed by atoms with E-state index in [1.165, 1.54) is 0 Å². The zero-order chi connectivity index (χ0) is 12.8. The van der Waals surface area contributed by atoms with E-state index in [0.29, 0.717) is 5.92 Å². The SMILES string of the molecule is Clc1ccc2c(c1)[C@H]1OCC[C@@H]1[C@@H](c1ccco1)N2. The molecular formula is C15H14ClNO2. The van der Waals surface area contributed by atoms with Crippen molar-refractivity contribution < 1.29 is 9.15 Å². The quantitative estimate of drug-likeness (QED) is 0.848. The van der Waals surface area contributed by atoms with E-state index in [-0.39, 0.29) is 12.1 Å². The van der Waals surface area contributed by atoms with Crippen LogP contribution in [0.2, 0.25) is 5.02 Å². The lowest BCUT2D eigenvalue weighted by molar-refractivity contribution is 0.0808. The van der Waals surface area contributed by atoms with Gasteiger partial charge in [-0.2, -0.15) is 0 Å². The number of hydrogen-bond donors (Lipinski definition) is 1. The summed E-state index contributed by atoms with van der Waals surface area (Å²) >= 11 is 6.10. The zero-order valence-corrected chi connectivity index (χ0v) is 11.1. The molecule has 0 saturated carbocycles. The molecular weight excluding hydrogens is 262 g/mol. The second-order valence-electron chi connectivity index (χ2n) is 5.11. The Morgan fingerprint density at radius 1 is 1.26 bits per heavy atom. The van der Waals surface area contributed by atoms with E-state index in [2.05, 4.69) is 5.32 Å². The highest BCUT2D eigenvalue weighted by atomic mass is 35.5. The van der Waals surface area contributed by atoms with E-state index in [1.54, 1.807) is 6.26 Å². The molecule has 3 heterocycles. The van der Waals surface area contributed by atoms with Gasteiger partial charge in [0.05, 0.1) is 18.4 Å². The Morgan fingerprint density at radius 3 is 3.05 bits per heavy atom.